The second kappa shape index (κ2) is 12.7. The molecule has 0 radical (unpaired) electrons. The second-order valence-electron chi connectivity index (χ2n) is 7.35. The van der Waals surface area contributed by atoms with Crippen molar-refractivity contribution in [2.24, 2.45) is 12.0 Å². The molecule has 1 aromatic heterocycles. The number of hydrogen-bond donors (Lipinski definition) is 2. The van der Waals surface area contributed by atoms with E-state index in [-0.39, 0.29) is 36.1 Å². The Bertz CT molecular complexity index is 805. The van der Waals surface area contributed by atoms with Crippen LogP contribution in [0.4, 0.5) is 0 Å². The van der Waals surface area contributed by atoms with Gasteiger partial charge in [0.2, 0.25) is 0 Å². The van der Waals surface area contributed by atoms with Gasteiger partial charge in [-0.25, -0.2) is 4.99 Å². The van der Waals surface area contributed by atoms with Crippen molar-refractivity contribution in [1.29, 1.82) is 0 Å². The summed E-state index contributed by atoms with van der Waals surface area (Å²) in [6.45, 7) is 11.8. The van der Waals surface area contributed by atoms with Gasteiger partial charge in [-0.3, -0.25) is 4.68 Å². The Hall–Kier alpha value is -1.97. The molecule has 7 nitrogen and oxygen atoms in total. The topological polar surface area (TPSA) is 72.7 Å². The van der Waals surface area contributed by atoms with Gasteiger partial charge in [-0.15, -0.1) is 24.0 Å². The van der Waals surface area contributed by atoms with Crippen LogP contribution in [0.2, 0.25) is 0 Å². The predicted octanol–water partition coefficient (Wildman–Crippen LogP) is 3.62. The SMILES string of the molecule is CCNC(=NCC(C)Oc1ccc(OC)cc1)NC(C)Cc1c(C)nn(C)c1C.I. The molecule has 0 aliphatic carbocycles. The highest BCUT2D eigenvalue weighted by molar-refractivity contribution is 14.0. The van der Waals surface area contributed by atoms with Crippen LogP contribution >= 0.6 is 24.0 Å². The first-order chi connectivity index (χ1) is 13.8. The highest BCUT2D eigenvalue weighted by atomic mass is 127. The molecule has 0 saturated carbocycles. The molecule has 2 aromatic rings. The fourth-order valence-electron chi connectivity index (χ4n) is 3.17. The van der Waals surface area contributed by atoms with Gasteiger partial charge in [0, 0.05) is 25.3 Å². The molecule has 2 N–H and O–H groups in total. The van der Waals surface area contributed by atoms with Gasteiger partial charge >= 0.3 is 0 Å². The van der Waals surface area contributed by atoms with Gasteiger partial charge in [0.05, 0.1) is 19.3 Å². The lowest BCUT2D eigenvalue weighted by Crippen LogP contribution is -2.43. The van der Waals surface area contributed by atoms with Gasteiger partial charge in [-0.05, 0) is 70.9 Å². The normalized spacial score (nSPS) is 13.2. The Morgan fingerprint density at radius 1 is 1.17 bits per heavy atom. The maximum atomic E-state index is 5.95. The van der Waals surface area contributed by atoms with Crippen molar-refractivity contribution in [3.05, 3.63) is 41.2 Å². The lowest BCUT2D eigenvalue weighted by atomic mass is 10.1. The van der Waals surface area contributed by atoms with Gasteiger partial charge < -0.3 is 20.1 Å². The summed E-state index contributed by atoms with van der Waals surface area (Å²) in [5.74, 6) is 2.42. The molecule has 30 heavy (non-hydrogen) atoms. The van der Waals surface area contributed by atoms with Crippen LogP contribution in [-0.2, 0) is 13.5 Å². The molecule has 1 aromatic carbocycles. The van der Waals surface area contributed by atoms with Gasteiger partial charge in [-0.1, -0.05) is 0 Å². The fourth-order valence-corrected chi connectivity index (χ4v) is 3.17. The number of nitrogens with zero attached hydrogens (tertiary/aromatic N) is 3. The van der Waals surface area contributed by atoms with Crippen molar-refractivity contribution in [3.8, 4) is 11.5 Å². The van der Waals surface area contributed by atoms with E-state index in [9.17, 15) is 0 Å². The summed E-state index contributed by atoms with van der Waals surface area (Å²) in [6.07, 6.45) is 0.852. The van der Waals surface area contributed by atoms with E-state index >= 15 is 0 Å². The number of rotatable bonds is 9. The molecule has 0 saturated heterocycles. The molecule has 0 bridgehead atoms. The number of benzene rings is 1. The standard InChI is InChI=1S/C22H35N5O2.HI/c1-8-23-22(25-15(2)13-21-17(4)26-27(6)18(21)5)24-14-16(3)29-20-11-9-19(28-7)10-12-20;/h9-12,15-16H,8,13-14H2,1-7H3,(H2,23,24,25);1H. The van der Waals surface area contributed by atoms with Crippen molar-refractivity contribution < 1.29 is 9.47 Å². The largest absolute Gasteiger partial charge is 0.497 e. The number of hydrogen-bond acceptors (Lipinski definition) is 4. The number of aryl methyl sites for hydroxylation is 2. The third kappa shape index (κ3) is 7.70. The van der Waals surface area contributed by atoms with Crippen molar-refractivity contribution in [3.63, 3.8) is 0 Å². The third-order valence-electron chi connectivity index (χ3n) is 4.80. The summed E-state index contributed by atoms with van der Waals surface area (Å²) in [7, 11) is 3.64. The average molecular weight is 529 g/mol. The zero-order valence-electron chi connectivity index (χ0n) is 19.2. The number of halogens is 1. The molecule has 0 aliphatic rings. The zero-order chi connectivity index (χ0) is 21.4. The van der Waals surface area contributed by atoms with Gasteiger partial charge in [0.15, 0.2) is 5.96 Å². The molecule has 0 fully saturated rings. The van der Waals surface area contributed by atoms with Crippen LogP contribution in [0.15, 0.2) is 29.3 Å². The molecule has 1 heterocycles. The van der Waals surface area contributed by atoms with Crippen LogP contribution in [-0.4, -0.2) is 48.1 Å². The molecule has 0 aliphatic heterocycles. The highest BCUT2D eigenvalue weighted by Gasteiger charge is 2.14. The first-order valence-electron chi connectivity index (χ1n) is 10.2. The van der Waals surface area contributed by atoms with E-state index in [0.29, 0.717) is 6.54 Å². The maximum Gasteiger partial charge on any atom is 0.191 e. The monoisotopic (exact) mass is 529 g/mol. The number of guanidine groups is 1. The van der Waals surface area contributed by atoms with Crippen LogP contribution in [0, 0.1) is 13.8 Å². The molecular weight excluding hydrogens is 493 g/mol. The number of ether oxygens (including phenoxy) is 2. The molecular formula is C22H36IN5O2. The number of nitrogens with one attached hydrogen (secondary N) is 2. The lowest BCUT2D eigenvalue weighted by molar-refractivity contribution is 0.230. The summed E-state index contributed by atoms with van der Waals surface area (Å²) in [5, 5.41) is 11.3. The zero-order valence-corrected chi connectivity index (χ0v) is 21.5. The lowest BCUT2D eigenvalue weighted by Gasteiger charge is -2.19. The van der Waals surface area contributed by atoms with E-state index in [4.69, 9.17) is 14.5 Å². The Morgan fingerprint density at radius 3 is 2.33 bits per heavy atom. The number of aromatic nitrogens is 2. The molecule has 2 rings (SSSR count). The van der Waals surface area contributed by atoms with Crippen LogP contribution in [0.25, 0.3) is 0 Å². The van der Waals surface area contributed by atoms with Crippen molar-refractivity contribution in [2.45, 2.75) is 53.2 Å². The maximum absolute atomic E-state index is 5.95. The minimum absolute atomic E-state index is 0. The van der Waals surface area contributed by atoms with Crippen molar-refractivity contribution in [2.75, 3.05) is 20.2 Å². The first kappa shape index (κ1) is 26.1. The summed E-state index contributed by atoms with van der Waals surface area (Å²) in [4.78, 5) is 4.70. The van der Waals surface area contributed by atoms with E-state index in [2.05, 4.69) is 43.4 Å². The summed E-state index contributed by atoms with van der Waals surface area (Å²) < 4.78 is 13.1. The summed E-state index contributed by atoms with van der Waals surface area (Å²) in [5.41, 5.74) is 3.58. The van der Waals surface area contributed by atoms with E-state index < -0.39 is 0 Å². The summed E-state index contributed by atoms with van der Waals surface area (Å²) >= 11 is 0. The van der Waals surface area contributed by atoms with Gasteiger partial charge in [0.1, 0.15) is 17.6 Å². The molecule has 168 valence electrons. The Kier molecular flexibility index (Phi) is 11.0. The summed E-state index contributed by atoms with van der Waals surface area (Å²) in [6, 6.07) is 7.82. The smallest absolute Gasteiger partial charge is 0.191 e. The quantitative estimate of drug-likeness (QED) is 0.295. The van der Waals surface area contributed by atoms with Crippen molar-refractivity contribution in [1.82, 2.24) is 20.4 Å². The van der Waals surface area contributed by atoms with E-state index in [1.165, 1.54) is 11.3 Å². The Labute approximate surface area is 197 Å². The Morgan fingerprint density at radius 2 is 1.80 bits per heavy atom. The number of aliphatic imine (C=N–C) groups is 1. The minimum atomic E-state index is -0.0445. The Balaban J connectivity index is 0.00000450. The number of methoxy groups -OCH3 is 1. The molecule has 2 unspecified atom stereocenters. The van der Waals surface area contributed by atoms with E-state index in [0.717, 1.165) is 36.1 Å². The molecule has 0 spiro atoms. The van der Waals surface area contributed by atoms with Crippen LogP contribution in [0.3, 0.4) is 0 Å². The van der Waals surface area contributed by atoms with Crippen LogP contribution in [0.1, 0.15) is 37.7 Å². The first-order valence-corrected chi connectivity index (χ1v) is 10.2. The molecule has 2 atom stereocenters. The predicted molar refractivity (Wildman–Crippen MR) is 133 cm³/mol. The molecule has 0 amide bonds. The van der Waals surface area contributed by atoms with Crippen LogP contribution < -0.4 is 20.1 Å². The van der Waals surface area contributed by atoms with Crippen LogP contribution in [0.5, 0.6) is 11.5 Å². The van der Waals surface area contributed by atoms with E-state index in [1.807, 2.05) is 42.9 Å². The molecule has 8 heteroatoms. The third-order valence-corrected chi connectivity index (χ3v) is 4.80. The van der Waals surface area contributed by atoms with Gasteiger partial charge in [0.25, 0.3) is 0 Å². The average Bonchev–Trinajstić information content (AvgIpc) is 2.93. The minimum Gasteiger partial charge on any atom is -0.497 e. The second-order valence-corrected chi connectivity index (χ2v) is 7.35. The fraction of sp³-hybridized carbons (Fsp3) is 0.545. The van der Waals surface area contributed by atoms with Gasteiger partial charge in [-0.2, -0.15) is 5.10 Å². The van der Waals surface area contributed by atoms with E-state index in [1.54, 1.807) is 7.11 Å². The van der Waals surface area contributed by atoms with Crippen molar-refractivity contribution >= 4 is 29.9 Å². The highest BCUT2D eigenvalue weighted by Crippen LogP contribution is 2.18.